The zero-order chi connectivity index (χ0) is 14.5. The third-order valence-corrected chi connectivity index (χ3v) is 3.96. The van der Waals surface area contributed by atoms with Gasteiger partial charge in [0.15, 0.2) is 0 Å². The molecule has 20 heavy (non-hydrogen) atoms. The highest BCUT2D eigenvalue weighted by Gasteiger charge is 2.29. The Hall–Kier alpha value is -1.11. The van der Waals surface area contributed by atoms with Crippen LogP contribution < -0.4 is 10.2 Å². The van der Waals surface area contributed by atoms with Crippen molar-refractivity contribution in [3.05, 3.63) is 11.3 Å². The molecule has 0 aromatic carbocycles. The third kappa shape index (κ3) is 3.13. The van der Waals surface area contributed by atoms with Crippen LogP contribution in [0.5, 0.6) is 0 Å². The number of nitrogens with one attached hydrogen (secondary N) is 1. The monoisotopic (exact) mass is 282 g/mol. The second-order valence-electron chi connectivity index (χ2n) is 5.35. The fraction of sp³-hybridized carbons (Fsp3) is 0.786. The van der Waals surface area contributed by atoms with Crippen molar-refractivity contribution in [1.29, 1.82) is 0 Å². The van der Waals surface area contributed by atoms with Crippen molar-refractivity contribution in [3.8, 4) is 0 Å². The van der Waals surface area contributed by atoms with Gasteiger partial charge in [-0.3, -0.25) is 4.68 Å². The number of methoxy groups -OCH3 is 1. The molecule has 0 amide bonds. The van der Waals surface area contributed by atoms with Crippen molar-refractivity contribution in [3.63, 3.8) is 0 Å². The van der Waals surface area contributed by atoms with Crippen LogP contribution in [0.2, 0.25) is 0 Å². The van der Waals surface area contributed by atoms with E-state index in [1.807, 2.05) is 18.7 Å². The largest absolute Gasteiger partial charge is 0.394 e. The van der Waals surface area contributed by atoms with Crippen LogP contribution in [0.4, 0.5) is 5.82 Å². The molecule has 0 bridgehead atoms. The first kappa shape index (κ1) is 15.3. The predicted octanol–water partition coefficient (Wildman–Crippen LogP) is 0.426. The molecule has 6 nitrogen and oxygen atoms in total. The van der Waals surface area contributed by atoms with Gasteiger partial charge in [0.25, 0.3) is 0 Å². The fourth-order valence-electron chi connectivity index (χ4n) is 2.95. The van der Waals surface area contributed by atoms with Gasteiger partial charge in [0, 0.05) is 39.4 Å². The summed E-state index contributed by atoms with van der Waals surface area (Å²) in [5.41, 5.74) is 2.28. The van der Waals surface area contributed by atoms with Crippen LogP contribution in [-0.2, 0) is 18.3 Å². The van der Waals surface area contributed by atoms with E-state index >= 15 is 0 Å². The molecule has 0 radical (unpaired) electrons. The molecule has 1 atom stereocenters. The number of hydrogen-bond acceptors (Lipinski definition) is 5. The second kappa shape index (κ2) is 7.06. The minimum absolute atomic E-state index is 0.209. The molecule has 1 aliphatic heterocycles. The van der Waals surface area contributed by atoms with Crippen LogP contribution in [0.1, 0.15) is 24.1 Å². The Balaban J connectivity index is 2.14. The van der Waals surface area contributed by atoms with Gasteiger partial charge in [0.05, 0.1) is 24.9 Å². The van der Waals surface area contributed by atoms with Crippen LogP contribution in [-0.4, -0.2) is 54.3 Å². The number of aryl methyl sites for hydroxylation is 2. The van der Waals surface area contributed by atoms with Gasteiger partial charge in [0.1, 0.15) is 5.82 Å². The number of ether oxygens (including phenoxy) is 1. The summed E-state index contributed by atoms with van der Waals surface area (Å²) >= 11 is 0. The van der Waals surface area contributed by atoms with E-state index in [1.54, 1.807) is 7.11 Å². The summed E-state index contributed by atoms with van der Waals surface area (Å²) in [6, 6.07) is 0.225. The third-order valence-electron chi connectivity index (χ3n) is 3.96. The Labute approximate surface area is 120 Å². The Bertz CT molecular complexity index is 433. The smallest absolute Gasteiger partial charge is 0.131 e. The Morgan fingerprint density at radius 2 is 2.30 bits per heavy atom. The fourth-order valence-corrected chi connectivity index (χ4v) is 2.95. The lowest BCUT2D eigenvalue weighted by molar-refractivity contribution is 0.199. The van der Waals surface area contributed by atoms with E-state index < -0.39 is 0 Å². The Kier molecular flexibility index (Phi) is 5.39. The molecule has 0 saturated carbocycles. The van der Waals surface area contributed by atoms with Gasteiger partial charge in [-0.15, -0.1) is 0 Å². The minimum Gasteiger partial charge on any atom is -0.394 e. The number of aliphatic hydroxyl groups is 1. The van der Waals surface area contributed by atoms with Crippen molar-refractivity contribution < 1.29 is 9.84 Å². The zero-order valence-electron chi connectivity index (χ0n) is 12.7. The van der Waals surface area contributed by atoms with Crippen LogP contribution in [0.25, 0.3) is 0 Å². The molecule has 1 unspecified atom stereocenters. The summed E-state index contributed by atoms with van der Waals surface area (Å²) in [4.78, 5) is 2.30. The highest BCUT2D eigenvalue weighted by atomic mass is 16.5. The van der Waals surface area contributed by atoms with E-state index in [-0.39, 0.29) is 12.6 Å². The molecule has 1 aliphatic rings. The van der Waals surface area contributed by atoms with Crippen LogP contribution >= 0.6 is 0 Å². The van der Waals surface area contributed by atoms with Crippen molar-refractivity contribution in [2.75, 3.05) is 38.3 Å². The molecule has 2 heterocycles. The van der Waals surface area contributed by atoms with Crippen molar-refractivity contribution in [2.45, 2.75) is 32.4 Å². The molecule has 2 N–H and O–H groups in total. The van der Waals surface area contributed by atoms with Crippen molar-refractivity contribution in [2.24, 2.45) is 7.05 Å². The lowest BCUT2D eigenvalue weighted by Crippen LogP contribution is -2.34. The lowest BCUT2D eigenvalue weighted by Gasteiger charge is -2.26. The lowest BCUT2D eigenvalue weighted by atomic mass is 10.2. The second-order valence-corrected chi connectivity index (χ2v) is 5.35. The molecular weight excluding hydrogens is 256 g/mol. The van der Waals surface area contributed by atoms with Gasteiger partial charge >= 0.3 is 0 Å². The maximum absolute atomic E-state index is 9.53. The summed E-state index contributed by atoms with van der Waals surface area (Å²) in [6.07, 6.45) is 2.18. The van der Waals surface area contributed by atoms with Gasteiger partial charge in [-0.25, -0.2) is 0 Å². The number of hydrogen-bond donors (Lipinski definition) is 2. The predicted molar refractivity (Wildman–Crippen MR) is 79.0 cm³/mol. The topological polar surface area (TPSA) is 62.5 Å². The van der Waals surface area contributed by atoms with Gasteiger partial charge in [-0.2, -0.15) is 5.10 Å². The molecular formula is C14H26N4O2. The van der Waals surface area contributed by atoms with Gasteiger partial charge in [0.2, 0.25) is 0 Å². The van der Waals surface area contributed by atoms with Crippen molar-refractivity contribution in [1.82, 2.24) is 15.1 Å². The molecule has 114 valence electrons. The summed E-state index contributed by atoms with van der Waals surface area (Å²) in [6.45, 7) is 5.56. The Morgan fingerprint density at radius 1 is 1.50 bits per heavy atom. The van der Waals surface area contributed by atoms with Gasteiger partial charge < -0.3 is 20.1 Å². The first-order valence-electron chi connectivity index (χ1n) is 7.28. The van der Waals surface area contributed by atoms with Crippen LogP contribution in [0.3, 0.4) is 0 Å². The number of aromatic nitrogens is 2. The molecule has 2 rings (SSSR count). The van der Waals surface area contributed by atoms with Gasteiger partial charge in [-0.05, 0) is 19.8 Å². The Morgan fingerprint density at radius 3 is 3.00 bits per heavy atom. The summed E-state index contributed by atoms with van der Waals surface area (Å²) < 4.78 is 6.99. The quantitative estimate of drug-likeness (QED) is 0.710. The van der Waals surface area contributed by atoms with Crippen molar-refractivity contribution >= 4 is 5.82 Å². The average Bonchev–Trinajstić information content (AvgIpc) is 2.99. The molecule has 1 aromatic heterocycles. The first-order chi connectivity index (χ1) is 9.69. The molecule has 1 fully saturated rings. The summed E-state index contributed by atoms with van der Waals surface area (Å²) in [7, 11) is 3.69. The maximum Gasteiger partial charge on any atom is 0.131 e. The average molecular weight is 282 g/mol. The van der Waals surface area contributed by atoms with Crippen LogP contribution in [0.15, 0.2) is 0 Å². The number of rotatable bonds is 7. The zero-order valence-corrected chi connectivity index (χ0v) is 12.7. The van der Waals surface area contributed by atoms with E-state index in [0.29, 0.717) is 6.61 Å². The van der Waals surface area contributed by atoms with E-state index in [1.165, 1.54) is 5.56 Å². The van der Waals surface area contributed by atoms with E-state index in [9.17, 15) is 5.11 Å². The van der Waals surface area contributed by atoms with Crippen LogP contribution in [0, 0.1) is 6.92 Å². The molecule has 0 spiro atoms. The molecule has 0 aliphatic carbocycles. The highest BCUT2D eigenvalue weighted by Crippen LogP contribution is 2.29. The summed E-state index contributed by atoms with van der Waals surface area (Å²) in [5, 5.41) is 17.5. The maximum atomic E-state index is 9.53. The number of nitrogens with zero attached hydrogens (tertiary/aromatic N) is 3. The standard InChI is InChI=1S/C14H26N4O2/c1-11-13(9-15-6-8-20-3)14(17(2)16-11)18-7-4-5-12(18)10-19/h12,15,19H,4-10H2,1-3H3. The number of anilines is 1. The highest BCUT2D eigenvalue weighted by molar-refractivity contribution is 5.52. The number of aliphatic hydroxyl groups excluding tert-OH is 1. The van der Waals surface area contributed by atoms with E-state index in [4.69, 9.17) is 4.74 Å². The minimum atomic E-state index is 0.209. The first-order valence-corrected chi connectivity index (χ1v) is 7.28. The normalized spacial score (nSPS) is 19.0. The SMILES string of the molecule is COCCNCc1c(C)nn(C)c1N1CCCC1CO. The van der Waals surface area contributed by atoms with E-state index in [0.717, 1.165) is 44.0 Å². The van der Waals surface area contributed by atoms with E-state index in [2.05, 4.69) is 15.3 Å². The molecule has 1 aromatic rings. The molecule has 1 saturated heterocycles. The van der Waals surface area contributed by atoms with Gasteiger partial charge in [-0.1, -0.05) is 0 Å². The summed E-state index contributed by atoms with van der Waals surface area (Å²) in [5.74, 6) is 1.14. The molecule has 6 heteroatoms.